The number of hydrogen-bond acceptors (Lipinski definition) is 4. The molecule has 19 heavy (non-hydrogen) atoms. The summed E-state index contributed by atoms with van der Waals surface area (Å²) in [6.45, 7) is 5.72. The highest BCUT2D eigenvalue weighted by Gasteiger charge is 2.34. The van der Waals surface area contributed by atoms with Gasteiger partial charge in [-0.2, -0.15) is 0 Å². The first kappa shape index (κ1) is 15.9. The number of carboxylic acid groups (broad SMARTS) is 1. The number of carbonyl (C=O) groups is 2. The summed E-state index contributed by atoms with van der Waals surface area (Å²) in [7, 11) is 0. The molecule has 0 bridgehead atoms. The Balaban J connectivity index is 2.38. The molecule has 1 saturated heterocycles. The fourth-order valence-electron chi connectivity index (χ4n) is 2.18. The number of ether oxygens (including phenoxy) is 2. The molecule has 0 aliphatic carbocycles. The molecule has 0 saturated carbocycles. The maximum atomic E-state index is 11.9. The Morgan fingerprint density at radius 1 is 1.32 bits per heavy atom. The predicted octanol–water partition coefficient (Wildman–Crippen LogP) is 0.751. The van der Waals surface area contributed by atoms with Gasteiger partial charge in [-0.05, 0) is 25.7 Å². The van der Waals surface area contributed by atoms with E-state index in [9.17, 15) is 9.59 Å². The summed E-state index contributed by atoms with van der Waals surface area (Å²) in [6.07, 6.45) is 1.36. The number of carboxylic acids is 1. The number of rotatable bonds is 7. The molecule has 2 unspecified atom stereocenters. The standard InChI is InChI=1S/C13H23NO5/c1-3-18-6-7-19-9-12(15)14-5-4-10(2)8-11(14)13(16)17/h10-11H,3-9H2,1-2H3,(H,16,17). The van der Waals surface area contributed by atoms with E-state index in [1.165, 1.54) is 4.90 Å². The van der Waals surface area contributed by atoms with Crippen molar-refractivity contribution in [3.8, 4) is 0 Å². The molecule has 1 aliphatic rings. The second-order valence-corrected chi connectivity index (χ2v) is 4.82. The lowest BCUT2D eigenvalue weighted by Gasteiger charge is -2.35. The van der Waals surface area contributed by atoms with Crippen LogP contribution in [0.4, 0.5) is 0 Å². The molecule has 1 heterocycles. The molecule has 6 nitrogen and oxygen atoms in total. The summed E-state index contributed by atoms with van der Waals surface area (Å²) in [5.74, 6) is -0.853. The molecule has 1 rings (SSSR count). The van der Waals surface area contributed by atoms with Crippen molar-refractivity contribution in [3.63, 3.8) is 0 Å². The molecule has 1 fully saturated rings. The van der Waals surface area contributed by atoms with Gasteiger partial charge in [-0.15, -0.1) is 0 Å². The van der Waals surface area contributed by atoms with E-state index in [-0.39, 0.29) is 12.5 Å². The van der Waals surface area contributed by atoms with E-state index in [0.717, 1.165) is 6.42 Å². The first-order valence-electron chi connectivity index (χ1n) is 6.74. The number of piperidine rings is 1. The van der Waals surface area contributed by atoms with Crippen LogP contribution in [0.1, 0.15) is 26.7 Å². The van der Waals surface area contributed by atoms with Crippen molar-refractivity contribution in [1.82, 2.24) is 4.90 Å². The first-order chi connectivity index (χ1) is 9.06. The van der Waals surface area contributed by atoms with E-state index in [0.29, 0.717) is 38.7 Å². The van der Waals surface area contributed by atoms with Crippen LogP contribution in [0.3, 0.4) is 0 Å². The zero-order valence-electron chi connectivity index (χ0n) is 11.6. The van der Waals surface area contributed by atoms with Gasteiger partial charge in [-0.3, -0.25) is 4.79 Å². The van der Waals surface area contributed by atoms with Crippen LogP contribution >= 0.6 is 0 Å². The van der Waals surface area contributed by atoms with E-state index in [1.807, 2.05) is 13.8 Å². The van der Waals surface area contributed by atoms with Crippen LogP contribution in [0.15, 0.2) is 0 Å². The van der Waals surface area contributed by atoms with E-state index < -0.39 is 12.0 Å². The van der Waals surface area contributed by atoms with Crippen LogP contribution in [0, 0.1) is 5.92 Å². The zero-order chi connectivity index (χ0) is 14.3. The smallest absolute Gasteiger partial charge is 0.326 e. The minimum Gasteiger partial charge on any atom is -0.480 e. The van der Waals surface area contributed by atoms with Crippen molar-refractivity contribution in [2.24, 2.45) is 5.92 Å². The third-order valence-electron chi connectivity index (χ3n) is 3.27. The van der Waals surface area contributed by atoms with Crippen molar-refractivity contribution in [1.29, 1.82) is 0 Å². The zero-order valence-corrected chi connectivity index (χ0v) is 11.6. The highest BCUT2D eigenvalue weighted by Crippen LogP contribution is 2.22. The lowest BCUT2D eigenvalue weighted by atomic mass is 9.92. The van der Waals surface area contributed by atoms with Crippen molar-refractivity contribution in [2.45, 2.75) is 32.7 Å². The van der Waals surface area contributed by atoms with Crippen LogP contribution in [0.2, 0.25) is 0 Å². The van der Waals surface area contributed by atoms with Gasteiger partial charge in [0.2, 0.25) is 5.91 Å². The van der Waals surface area contributed by atoms with E-state index in [1.54, 1.807) is 0 Å². The Bertz CT molecular complexity index is 307. The molecule has 0 radical (unpaired) electrons. The average molecular weight is 273 g/mol. The summed E-state index contributed by atoms with van der Waals surface area (Å²) in [4.78, 5) is 24.5. The van der Waals surface area contributed by atoms with Crippen molar-refractivity contribution < 1.29 is 24.2 Å². The number of hydrogen-bond donors (Lipinski definition) is 1. The van der Waals surface area contributed by atoms with Crippen molar-refractivity contribution in [3.05, 3.63) is 0 Å². The van der Waals surface area contributed by atoms with Gasteiger partial charge in [0.05, 0.1) is 13.2 Å². The first-order valence-corrected chi connectivity index (χ1v) is 6.74. The topological polar surface area (TPSA) is 76.1 Å². The van der Waals surface area contributed by atoms with Gasteiger partial charge < -0.3 is 19.5 Å². The third kappa shape index (κ3) is 5.16. The normalized spacial score (nSPS) is 23.4. The van der Waals surface area contributed by atoms with Gasteiger partial charge in [-0.25, -0.2) is 4.79 Å². The lowest BCUT2D eigenvalue weighted by Crippen LogP contribution is -2.51. The molecule has 0 aromatic heterocycles. The molecule has 1 N–H and O–H groups in total. The molecule has 1 aliphatic heterocycles. The fraction of sp³-hybridized carbons (Fsp3) is 0.846. The number of carbonyl (C=O) groups excluding carboxylic acids is 1. The maximum Gasteiger partial charge on any atom is 0.326 e. The summed E-state index contributed by atoms with van der Waals surface area (Å²) in [5.41, 5.74) is 0. The Morgan fingerprint density at radius 2 is 2.00 bits per heavy atom. The van der Waals surface area contributed by atoms with Gasteiger partial charge >= 0.3 is 5.97 Å². The van der Waals surface area contributed by atoms with Gasteiger partial charge in [0.25, 0.3) is 0 Å². The van der Waals surface area contributed by atoms with Crippen LogP contribution in [0.25, 0.3) is 0 Å². The molecule has 6 heteroatoms. The second kappa shape index (κ2) is 8.12. The molecule has 0 spiro atoms. The van der Waals surface area contributed by atoms with Gasteiger partial charge in [-0.1, -0.05) is 6.92 Å². The SMILES string of the molecule is CCOCCOCC(=O)N1CCC(C)CC1C(=O)O. The van der Waals surface area contributed by atoms with Gasteiger partial charge in [0.1, 0.15) is 12.6 Å². The molecule has 0 aromatic carbocycles. The number of amides is 1. The molecule has 1 amide bonds. The third-order valence-corrected chi connectivity index (χ3v) is 3.27. The number of aliphatic carboxylic acids is 1. The fourth-order valence-corrected chi connectivity index (χ4v) is 2.18. The van der Waals surface area contributed by atoms with Crippen LogP contribution in [-0.2, 0) is 19.1 Å². The minimum absolute atomic E-state index is 0.0781. The molecular weight excluding hydrogens is 250 g/mol. The predicted molar refractivity (Wildman–Crippen MR) is 68.8 cm³/mol. The second-order valence-electron chi connectivity index (χ2n) is 4.82. The quantitative estimate of drug-likeness (QED) is 0.693. The summed E-state index contributed by atoms with van der Waals surface area (Å²) in [6, 6.07) is -0.716. The summed E-state index contributed by atoms with van der Waals surface area (Å²) >= 11 is 0. The van der Waals surface area contributed by atoms with Crippen LogP contribution in [0.5, 0.6) is 0 Å². The highest BCUT2D eigenvalue weighted by molar-refractivity contribution is 5.84. The van der Waals surface area contributed by atoms with Crippen molar-refractivity contribution in [2.75, 3.05) is 33.0 Å². The lowest BCUT2D eigenvalue weighted by molar-refractivity contribution is -0.155. The molecular formula is C13H23NO5. The molecule has 2 atom stereocenters. The molecule has 110 valence electrons. The van der Waals surface area contributed by atoms with Crippen molar-refractivity contribution >= 4 is 11.9 Å². The largest absolute Gasteiger partial charge is 0.480 e. The highest BCUT2D eigenvalue weighted by atomic mass is 16.5. The van der Waals surface area contributed by atoms with Gasteiger partial charge in [0.15, 0.2) is 0 Å². The summed E-state index contributed by atoms with van der Waals surface area (Å²) in [5, 5.41) is 9.16. The monoisotopic (exact) mass is 273 g/mol. The van der Waals surface area contributed by atoms with E-state index in [4.69, 9.17) is 14.6 Å². The Kier molecular flexibility index (Phi) is 6.80. The van der Waals surface area contributed by atoms with E-state index in [2.05, 4.69) is 0 Å². The average Bonchev–Trinajstić information content (AvgIpc) is 2.38. The maximum absolute atomic E-state index is 11.9. The Hall–Kier alpha value is -1.14. The molecule has 0 aromatic rings. The number of likely N-dealkylation sites (tertiary alicyclic amines) is 1. The van der Waals surface area contributed by atoms with Crippen LogP contribution in [-0.4, -0.2) is 60.9 Å². The Labute approximate surface area is 113 Å². The minimum atomic E-state index is -0.936. The van der Waals surface area contributed by atoms with Gasteiger partial charge in [0, 0.05) is 13.2 Å². The van der Waals surface area contributed by atoms with Crippen LogP contribution < -0.4 is 0 Å². The number of nitrogens with zero attached hydrogens (tertiary/aromatic N) is 1. The Morgan fingerprint density at radius 3 is 2.63 bits per heavy atom. The van der Waals surface area contributed by atoms with E-state index >= 15 is 0 Å². The summed E-state index contributed by atoms with van der Waals surface area (Å²) < 4.78 is 10.3.